The van der Waals surface area contributed by atoms with Crippen LogP contribution in [0.15, 0.2) is 41.4 Å². The fourth-order valence-corrected chi connectivity index (χ4v) is 6.74. The molecule has 8 nitrogen and oxygen atoms in total. The maximum atomic E-state index is 12.7. The summed E-state index contributed by atoms with van der Waals surface area (Å²) in [4.78, 5) is 23.8. The summed E-state index contributed by atoms with van der Waals surface area (Å²) in [5.74, 6) is -1.23. The molecule has 6 fully saturated rings. The maximum absolute atomic E-state index is 12.7. The molecule has 0 spiro atoms. The van der Waals surface area contributed by atoms with E-state index in [1.807, 2.05) is 18.2 Å². The van der Waals surface area contributed by atoms with Crippen LogP contribution in [0.5, 0.6) is 0 Å². The van der Waals surface area contributed by atoms with Gasteiger partial charge in [-0.2, -0.15) is 0 Å². The minimum absolute atomic E-state index is 0.0993. The van der Waals surface area contributed by atoms with Gasteiger partial charge in [-0.1, -0.05) is 40.7 Å². The third-order valence-corrected chi connectivity index (χ3v) is 8.29. The van der Waals surface area contributed by atoms with Crippen LogP contribution in [0.2, 0.25) is 0 Å². The zero-order valence-corrected chi connectivity index (χ0v) is 21.5. The average molecular weight is 563 g/mol. The monoisotopic (exact) mass is 562 g/mol. The molecular formula is C27H31BrO8. The van der Waals surface area contributed by atoms with E-state index >= 15 is 0 Å². The Morgan fingerprint density at radius 3 is 2.58 bits per heavy atom. The van der Waals surface area contributed by atoms with Crippen molar-refractivity contribution < 1.29 is 38.0 Å². The second-order valence-corrected chi connectivity index (χ2v) is 11.5. The molecule has 0 aromatic heterocycles. The number of hydrogen-bond acceptors (Lipinski definition) is 8. The van der Waals surface area contributed by atoms with Crippen LogP contribution in [0.3, 0.4) is 0 Å². The molecule has 1 unspecified atom stereocenters. The largest absolute Gasteiger partial charge is 0.458 e. The second-order valence-electron chi connectivity index (χ2n) is 10.4. The first-order valence-electron chi connectivity index (χ1n) is 12.8. The number of halogens is 1. The van der Waals surface area contributed by atoms with Gasteiger partial charge in [0.15, 0.2) is 5.79 Å². The number of carbonyl (C=O) groups excluding carboxylic acids is 2. The van der Waals surface area contributed by atoms with Gasteiger partial charge in [-0.05, 0) is 35.9 Å². The van der Waals surface area contributed by atoms with Gasteiger partial charge < -0.3 is 33.2 Å². The number of carbonyl (C=O) groups is 2. The van der Waals surface area contributed by atoms with Crippen molar-refractivity contribution in [3.05, 3.63) is 47.0 Å². The minimum Gasteiger partial charge on any atom is -0.458 e. The molecule has 7 rings (SSSR count). The fraction of sp³-hybridized carbons (Fsp3) is 0.630. The van der Waals surface area contributed by atoms with E-state index in [0.29, 0.717) is 37.7 Å². The van der Waals surface area contributed by atoms with Crippen molar-refractivity contribution in [1.82, 2.24) is 0 Å². The zero-order valence-electron chi connectivity index (χ0n) is 20.0. The van der Waals surface area contributed by atoms with Crippen molar-refractivity contribution in [3.8, 4) is 0 Å². The number of ether oxygens (including phenoxy) is 6. The summed E-state index contributed by atoms with van der Waals surface area (Å²) in [7, 11) is 0. The summed E-state index contributed by atoms with van der Waals surface area (Å²) < 4.78 is 39.0. The number of esters is 1. The minimum atomic E-state index is -0.867. The lowest BCUT2D eigenvalue weighted by atomic mass is 9.87. The van der Waals surface area contributed by atoms with Crippen LogP contribution in [0.4, 0.5) is 0 Å². The molecular weight excluding hydrogens is 532 g/mol. The summed E-state index contributed by atoms with van der Waals surface area (Å²) in [6.07, 6.45) is 3.01. The van der Waals surface area contributed by atoms with Crippen LogP contribution >= 0.6 is 15.9 Å². The van der Waals surface area contributed by atoms with E-state index in [2.05, 4.69) is 22.5 Å². The standard InChI is InChI=1S/C27H31BrO8/c1-15(28)13-18(32-26(30)16-5-3-2-4-6-16)9-11-27-14-20-22(35-27)23-24(34-20)25(36-27)21-19(33-23)8-7-17(31-21)10-12-29/h2-6,12,17-25H,1,7-11,13-14H2/t17-,18?,19+,20-,21+,22+,23+,24-,25+,27+/m1/s1. The van der Waals surface area contributed by atoms with Crippen molar-refractivity contribution in [2.24, 2.45) is 0 Å². The van der Waals surface area contributed by atoms with Crippen LogP contribution in [0.25, 0.3) is 0 Å². The highest BCUT2D eigenvalue weighted by atomic mass is 79.9. The molecule has 0 amide bonds. The van der Waals surface area contributed by atoms with E-state index in [1.54, 1.807) is 12.1 Å². The first-order valence-corrected chi connectivity index (χ1v) is 13.6. The first-order chi connectivity index (χ1) is 17.4. The van der Waals surface area contributed by atoms with Crippen molar-refractivity contribution >= 4 is 28.2 Å². The van der Waals surface area contributed by atoms with E-state index in [4.69, 9.17) is 28.4 Å². The lowest BCUT2D eigenvalue weighted by molar-refractivity contribution is -0.292. The predicted octanol–water partition coefficient (Wildman–Crippen LogP) is 3.85. The molecule has 0 aliphatic carbocycles. The second kappa shape index (κ2) is 9.93. The SMILES string of the molecule is C=C(Br)CC(CC[C@@]12C[C@H]3O[C@H]4[C@@H](O1)[C@H]1O[C@@H](CC=O)CC[C@@H]1O[C@H]4[C@H]3O2)OC(=O)c1ccccc1. The summed E-state index contributed by atoms with van der Waals surface area (Å²) in [5, 5.41) is 0. The van der Waals surface area contributed by atoms with Crippen LogP contribution in [-0.4, -0.2) is 73.0 Å². The summed E-state index contributed by atoms with van der Waals surface area (Å²) in [6, 6.07) is 8.96. The summed E-state index contributed by atoms with van der Waals surface area (Å²) in [6.45, 7) is 3.94. The van der Waals surface area contributed by atoms with Gasteiger partial charge >= 0.3 is 5.97 Å². The molecule has 9 heteroatoms. The smallest absolute Gasteiger partial charge is 0.338 e. The number of aldehydes is 1. The summed E-state index contributed by atoms with van der Waals surface area (Å²) >= 11 is 3.42. The molecule has 1 aromatic rings. The highest BCUT2D eigenvalue weighted by molar-refractivity contribution is 9.11. The van der Waals surface area contributed by atoms with Crippen molar-refractivity contribution in [1.29, 1.82) is 0 Å². The van der Waals surface area contributed by atoms with Crippen LogP contribution in [0.1, 0.15) is 55.3 Å². The molecule has 6 bridgehead atoms. The quantitative estimate of drug-likeness (QED) is 0.331. The Kier molecular flexibility index (Phi) is 6.81. The normalized spacial score (nSPS) is 40.8. The summed E-state index contributed by atoms with van der Waals surface area (Å²) in [5.41, 5.74) is 0.509. The number of hydrogen-bond donors (Lipinski definition) is 0. The molecule has 6 aliphatic heterocycles. The zero-order chi connectivity index (χ0) is 24.9. The van der Waals surface area contributed by atoms with E-state index in [0.717, 1.165) is 23.6 Å². The third-order valence-electron chi connectivity index (χ3n) is 7.97. The van der Waals surface area contributed by atoms with E-state index in [1.165, 1.54) is 0 Å². The van der Waals surface area contributed by atoms with Crippen LogP contribution in [-0.2, 0) is 33.2 Å². The Morgan fingerprint density at radius 1 is 1.06 bits per heavy atom. The van der Waals surface area contributed by atoms with Crippen molar-refractivity contribution in [2.75, 3.05) is 0 Å². The Bertz CT molecular complexity index is 1000. The molecule has 0 N–H and O–H groups in total. The number of benzene rings is 1. The molecule has 6 aliphatic rings. The van der Waals surface area contributed by atoms with Gasteiger partial charge in [-0.15, -0.1) is 0 Å². The van der Waals surface area contributed by atoms with Crippen LogP contribution in [0, 0.1) is 0 Å². The van der Waals surface area contributed by atoms with Crippen LogP contribution < -0.4 is 0 Å². The van der Waals surface area contributed by atoms with Gasteiger partial charge in [-0.3, -0.25) is 0 Å². The van der Waals surface area contributed by atoms with E-state index < -0.39 is 11.9 Å². The molecule has 10 atom stereocenters. The highest BCUT2D eigenvalue weighted by Gasteiger charge is 2.68. The fourth-order valence-electron chi connectivity index (χ4n) is 6.38. The Morgan fingerprint density at radius 2 is 1.81 bits per heavy atom. The highest BCUT2D eigenvalue weighted by Crippen LogP contribution is 2.54. The maximum Gasteiger partial charge on any atom is 0.338 e. The average Bonchev–Trinajstić information content (AvgIpc) is 3.28. The van der Waals surface area contributed by atoms with Gasteiger partial charge in [0.2, 0.25) is 0 Å². The molecule has 0 saturated carbocycles. The molecule has 1 aromatic carbocycles. The predicted molar refractivity (Wildman–Crippen MR) is 131 cm³/mol. The molecule has 36 heavy (non-hydrogen) atoms. The topological polar surface area (TPSA) is 89.5 Å². The molecule has 6 heterocycles. The Balaban J connectivity index is 1.18. The molecule has 6 saturated heterocycles. The third kappa shape index (κ3) is 4.59. The number of fused-ring (bicyclic) bond motifs is 1. The Labute approximate surface area is 218 Å². The lowest BCUT2D eigenvalue weighted by Gasteiger charge is -2.47. The van der Waals surface area contributed by atoms with Crippen molar-refractivity contribution in [2.45, 2.75) is 106 Å². The molecule has 194 valence electrons. The lowest BCUT2D eigenvalue weighted by Crippen LogP contribution is -2.61. The van der Waals surface area contributed by atoms with Gasteiger partial charge in [0, 0.05) is 25.7 Å². The van der Waals surface area contributed by atoms with Gasteiger partial charge in [0.25, 0.3) is 0 Å². The number of rotatable bonds is 9. The van der Waals surface area contributed by atoms with Crippen molar-refractivity contribution in [3.63, 3.8) is 0 Å². The van der Waals surface area contributed by atoms with Gasteiger partial charge in [-0.25, -0.2) is 4.79 Å². The van der Waals surface area contributed by atoms with Gasteiger partial charge in [0.1, 0.15) is 42.9 Å². The first kappa shape index (κ1) is 24.7. The van der Waals surface area contributed by atoms with E-state index in [-0.39, 0.29) is 54.8 Å². The van der Waals surface area contributed by atoms with E-state index in [9.17, 15) is 9.59 Å². The van der Waals surface area contributed by atoms with Gasteiger partial charge in [0.05, 0.1) is 23.9 Å². The molecule has 0 radical (unpaired) electrons. The Hall–Kier alpha value is -1.62.